The van der Waals surface area contributed by atoms with Gasteiger partial charge in [-0.3, -0.25) is 10.1 Å². The Bertz CT molecular complexity index is 1420. The summed E-state index contributed by atoms with van der Waals surface area (Å²) in [6.45, 7) is 3.69. The van der Waals surface area contributed by atoms with Crippen molar-refractivity contribution in [3.05, 3.63) is 109 Å². The molecule has 0 N–H and O–H groups in total. The number of hydrogen-bond donors (Lipinski definition) is 0. The first-order valence-electron chi connectivity index (χ1n) is 10.3. The second-order valence-corrected chi connectivity index (χ2v) is 8.41. The smallest absolute Gasteiger partial charge is 0.340 e. The van der Waals surface area contributed by atoms with E-state index < -0.39 is 10.9 Å². The monoisotopic (exact) mass is 495 g/mol. The van der Waals surface area contributed by atoms with Crippen molar-refractivity contribution in [2.24, 2.45) is 0 Å². The van der Waals surface area contributed by atoms with Gasteiger partial charge in [0.15, 0.2) is 0 Å². The number of carbonyl (C=O) groups excluding carboxylic acids is 1. The number of non-ortho nitro benzene ring substituents is 1. The van der Waals surface area contributed by atoms with Gasteiger partial charge in [-0.05, 0) is 43.7 Å². The van der Waals surface area contributed by atoms with E-state index in [1.165, 1.54) is 12.1 Å². The summed E-state index contributed by atoms with van der Waals surface area (Å²) in [7, 11) is 0. The zero-order chi connectivity index (χ0) is 24.4. The second kappa shape index (κ2) is 9.67. The first-order chi connectivity index (χ1) is 16.3. The van der Waals surface area contributed by atoms with Gasteiger partial charge >= 0.3 is 5.97 Å². The van der Waals surface area contributed by atoms with Crippen LogP contribution in [0.2, 0.25) is 10.0 Å². The molecule has 1 heterocycles. The van der Waals surface area contributed by atoms with Crippen LogP contribution in [0.25, 0.3) is 16.8 Å². The van der Waals surface area contributed by atoms with Gasteiger partial charge in [0.25, 0.3) is 5.69 Å². The number of aromatic nitrogens is 2. The molecule has 0 saturated carbocycles. The summed E-state index contributed by atoms with van der Waals surface area (Å²) in [4.78, 5) is 23.5. The van der Waals surface area contributed by atoms with Gasteiger partial charge in [-0.1, -0.05) is 53.5 Å². The Kier molecular flexibility index (Phi) is 6.68. The standard InChI is InChI=1S/C25H19Cl2N3O4/c1-15-24(17-7-5-8-20(12-17)30(32)33)16(2)29(28-15)19-10-11-23(27)21(13-19)25(31)34-14-18-6-3-4-9-22(18)26/h3-13H,14H2,1-2H3. The Balaban J connectivity index is 1.66. The summed E-state index contributed by atoms with van der Waals surface area (Å²) in [5.41, 5.74) is 4.39. The van der Waals surface area contributed by atoms with Crippen LogP contribution in [0.5, 0.6) is 0 Å². The molecule has 0 fully saturated rings. The van der Waals surface area contributed by atoms with E-state index in [1.54, 1.807) is 53.2 Å². The number of ether oxygens (including phenoxy) is 1. The van der Waals surface area contributed by atoms with Gasteiger partial charge in [-0.15, -0.1) is 0 Å². The van der Waals surface area contributed by atoms with Crippen LogP contribution in [0.1, 0.15) is 27.3 Å². The van der Waals surface area contributed by atoms with E-state index in [1.807, 2.05) is 19.9 Å². The predicted octanol–water partition coefficient (Wildman–Crippen LogP) is 6.73. The van der Waals surface area contributed by atoms with Crippen LogP contribution in [0.4, 0.5) is 5.69 Å². The van der Waals surface area contributed by atoms with Crippen molar-refractivity contribution in [3.63, 3.8) is 0 Å². The number of benzene rings is 3. The molecule has 0 aliphatic heterocycles. The molecule has 0 saturated heterocycles. The lowest BCUT2D eigenvalue weighted by Gasteiger charge is -2.11. The number of aryl methyl sites for hydroxylation is 1. The Morgan fingerprint density at radius 1 is 1.03 bits per heavy atom. The summed E-state index contributed by atoms with van der Waals surface area (Å²) in [6, 6.07) is 18.4. The Morgan fingerprint density at radius 2 is 1.79 bits per heavy atom. The van der Waals surface area contributed by atoms with Crippen LogP contribution < -0.4 is 0 Å². The molecule has 4 aromatic rings. The van der Waals surface area contributed by atoms with Crippen molar-refractivity contribution < 1.29 is 14.5 Å². The highest BCUT2D eigenvalue weighted by molar-refractivity contribution is 6.33. The molecular formula is C25H19Cl2N3O4. The van der Waals surface area contributed by atoms with Crippen molar-refractivity contribution in [1.82, 2.24) is 9.78 Å². The number of esters is 1. The number of hydrogen-bond acceptors (Lipinski definition) is 5. The number of nitro benzene ring substituents is 1. The van der Waals surface area contributed by atoms with Gasteiger partial charge in [-0.2, -0.15) is 5.10 Å². The maximum atomic E-state index is 12.8. The lowest BCUT2D eigenvalue weighted by Crippen LogP contribution is -2.08. The zero-order valence-corrected chi connectivity index (χ0v) is 19.8. The second-order valence-electron chi connectivity index (χ2n) is 7.60. The molecule has 0 bridgehead atoms. The average molecular weight is 496 g/mol. The molecule has 0 aliphatic carbocycles. The van der Waals surface area contributed by atoms with E-state index in [0.717, 1.165) is 11.3 Å². The fourth-order valence-corrected chi connectivity index (χ4v) is 4.11. The van der Waals surface area contributed by atoms with Crippen molar-refractivity contribution in [2.45, 2.75) is 20.5 Å². The number of nitrogens with zero attached hydrogens (tertiary/aromatic N) is 3. The normalized spacial score (nSPS) is 10.8. The first-order valence-corrected chi connectivity index (χ1v) is 11.0. The molecule has 0 unspecified atom stereocenters. The van der Waals surface area contributed by atoms with Crippen LogP contribution >= 0.6 is 23.2 Å². The summed E-state index contributed by atoms with van der Waals surface area (Å²) in [5.74, 6) is -0.591. The third kappa shape index (κ3) is 4.66. The quantitative estimate of drug-likeness (QED) is 0.168. The summed E-state index contributed by atoms with van der Waals surface area (Å²) in [6.07, 6.45) is 0. The fourth-order valence-electron chi connectivity index (χ4n) is 3.72. The third-order valence-electron chi connectivity index (χ3n) is 5.37. The van der Waals surface area contributed by atoms with E-state index in [9.17, 15) is 14.9 Å². The molecule has 3 aromatic carbocycles. The Labute approximate surface area is 205 Å². The Hall–Kier alpha value is -3.68. The van der Waals surface area contributed by atoms with Gasteiger partial charge in [0.1, 0.15) is 6.61 Å². The molecule has 0 radical (unpaired) electrons. The number of rotatable bonds is 6. The van der Waals surface area contributed by atoms with Gasteiger partial charge in [-0.25, -0.2) is 9.48 Å². The average Bonchev–Trinajstić information content (AvgIpc) is 3.12. The van der Waals surface area contributed by atoms with E-state index in [0.29, 0.717) is 27.5 Å². The first kappa shape index (κ1) is 23.5. The minimum absolute atomic E-state index is 0.000839. The highest BCUT2D eigenvalue weighted by Gasteiger charge is 2.19. The van der Waals surface area contributed by atoms with Crippen LogP contribution in [-0.4, -0.2) is 20.7 Å². The maximum Gasteiger partial charge on any atom is 0.340 e. The van der Waals surface area contributed by atoms with Gasteiger partial charge < -0.3 is 4.74 Å². The molecule has 4 rings (SSSR count). The van der Waals surface area contributed by atoms with Gasteiger partial charge in [0, 0.05) is 34.0 Å². The minimum atomic E-state index is -0.591. The molecule has 0 amide bonds. The lowest BCUT2D eigenvalue weighted by molar-refractivity contribution is -0.384. The van der Waals surface area contributed by atoms with E-state index in [4.69, 9.17) is 27.9 Å². The number of nitro groups is 1. The van der Waals surface area contributed by atoms with Crippen molar-refractivity contribution in [1.29, 1.82) is 0 Å². The predicted molar refractivity (Wildman–Crippen MR) is 131 cm³/mol. The van der Waals surface area contributed by atoms with Crippen molar-refractivity contribution in [2.75, 3.05) is 0 Å². The fraction of sp³-hybridized carbons (Fsp3) is 0.120. The van der Waals surface area contributed by atoms with Crippen LogP contribution in [0.3, 0.4) is 0 Å². The largest absolute Gasteiger partial charge is 0.457 e. The Morgan fingerprint density at radius 3 is 2.53 bits per heavy atom. The molecule has 0 aliphatic rings. The van der Waals surface area contributed by atoms with Crippen LogP contribution in [-0.2, 0) is 11.3 Å². The van der Waals surface area contributed by atoms with Crippen LogP contribution in [0, 0.1) is 24.0 Å². The van der Waals surface area contributed by atoms with E-state index >= 15 is 0 Å². The van der Waals surface area contributed by atoms with E-state index in [2.05, 4.69) is 5.10 Å². The molecule has 0 spiro atoms. The molecular weight excluding hydrogens is 477 g/mol. The topological polar surface area (TPSA) is 87.3 Å². The zero-order valence-electron chi connectivity index (χ0n) is 18.3. The molecule has 9 heteroatoms. The highest BCUT2D eigenvalue weighted by atomic mass is 35.5. The van der Waals surface area contributed by atoms with Crippen molar-refractivity contribution >= 4 is 34.9 Å². The van der Waals surface area contributed by atoms with Gasteiger partial charge in [0.05, 0.1) is 26.9 Å². The minimum Gasteiger partial charge on any atom is -0.457 e. The molecule has 7 nitrogen and oxygen atoms in total. The van der Waals surface area contributed by atoms with Crippen LogP contribution in [0.15, 0.2) is 66.7 Å². The summed E-state index contributed by atoms with van der Waals surface area (Å²) in [5, 5.41) is 16.5. The lowest BCUT2D eigenvalue weighted by atomic mass is 10.0. The molecule has 34 heavy (non-hydrogen) atoms. The number of carbonyl (C=O) groups is 1. The number of halogens is 2. The van der Waals surface area contributed by atoms with E-state index in [-0.39, 0.29) is 22.9 Å². The highest BCUT2D eigenvalue weighted by Crippen LogP contribution is 2.32. The summed E-state index contributed by atoms with van der Waals surface area (Å²) >= 11 is 12.4. The van der Waals surface area contributed by atoms with Gasteiger partial charge in [0.2, 0.25) is 0 Å². The summed E-state index contributed by atoms with van der Waals surface area (Å²) < 4.78 is 7.10. The third-order valence-corrected chi connectivity index (χ3v) is 6.07. The molecule has 0 atom stereocenters. The van der Waals surface area contributed by atoms with Crippen molar-refractivity contribution in [3.8, 4) is 16.8 Å². The maximum absolute atomic E-state index is 12.8. The molecule has 172 valence electrons. The SMILES string of the molecule is Cc1nn(-c2ccc(Cl)c(C(=O)OCc3ccccc3Cl)c2)c(C)c1-c1cccc([N+](=O)[O-])c1. The molecule has 1 aromatic heterocycles.